The molecule has 3 aromatic rings. The van der Waals surface area contributed by atoms with Gasteiger partial charge in [-0.3, -0.25) is 4.57 Å². The van der Waals surface area contributed by atoms with Gasteiger partial charge in [0, 0.05) is 6.54 Å². The molecule has 2 heterocycles. The fraction of sp³-hybridized carbons (Fsp3) is 0.450. The number of nitrogens with zero attached hydrogens (tertiary/aromatic N) is 3. The second kappa shape index (κ2) is 8.18. The molecule has 1 aliphatic carbocycles. The Balaban J connectivity index is 1.67. The molecule has 0 amide bonds. The lowest BCUT2D eigenvalue weighted by Crippen LogP contribution is -2.12. The lowest BCUT2D eigenvalue weighted by Gasteiger charge is -2.17. The zero-order valence-electron chi connectivity index (χ0n) is 16.2. The predicted molar refractivity (Wildman–Crippen MR) is 112 cm³/mol. The van der Waals surface area contributed by atoms with Crippen molar-refractivity contribution in [2.24, 2.45) is 0 Å². The standard InChI is InChI=1S/C20H25N5O2S/c1-3-21-18-17-19(23-12-22-17)25(20(28)24-18)11-13-8-9-15(26-2)16(10-13)27-14-6-4-5-7-14/h8-10,12,14H,3-7,11H2,1-2H3,(H,22,23)(H,21,24,28). The molecule has 8 heteroatoms. The van der Waals surface area contributed by atoms with Gasteiger partial charge in [-0.2, -0.15) is 0 Å². The van der Waals surface area contributed by atoms with E-state index in [1.54, 1.807) is 13.4 Å². The molecule has 28 heavy (non-hydrogen) atoms. The average Bonchev–Trinajstić information content (AvgIpc) is 3.37. The van der Waals surface area contributed by atoms with Crippen LogP contribution in [-0.2, 0) is 6.54 Å². The summed E-state index contributed by atoms with van der Waals surface area (Å²) in [6.07, 6.45) is 6.59. The van der Waals surface area contributed by atoms with Gasteiger partial charge in [-0.05, 0) is 62.5 Å². The summed E-state index contributed by atoms with van der Waals surface area (Å²) in [5, 5.41) is 3.23. The summed E-state index contributed by atoms with van der Waals surface area (Å²) in [5.74, 6) is 2.27. The zero-order valence-corrected chi connectivity index (χ0v) is 17.0. The van der Waals surface area contributed by atoms with Crippen LogP contribution in [0.4, 0.5) is 5.82 Å². The van der Waals surface area contributed by atoms with Crippen LogP contribution in [0.5, 0.6) is 11.5 Å². The molecule has 1 fully saturated rings. The number of anilines is 1. The number of imidazole rings is 1. The number of nitrogens with one attached hydrogen (secondary N) is 2. The molecule has 1 aliphatic rings. The number of ether oxygens (including phenoxy) is 2. The van der Waals surface area contributed by atoms with E-state index in [0.717, 1.165) is 53.4 Å². The molecule has 148 valence electrons. The number of rotatable bonds is 7. The van der Waals surface area contributed by atoms with Gasteiger partial charge in [0.05, 0.1) is 26.1 Å². The van der Waals surface area contributed by atoms with Crippen molar-refractivity contribution >= 4 is 29.2 Å². The predicted octanol–water partition coefficient (Wildman–Crippen LogP) is 4.30. The maximum atomic E-state index is 6.22. The Bertz CT molecular complexity index is 1020. The van der Waals surface area contributed by atoms with Crippen molar-refractivity contribution in [2.75, 3.05) is 19.0 Å². The molecule has 0 bridgehead atoms. The van der Waals surface area contributed by atoms with Gasteiger partial charge in [-0.15, -0.1) is 0 Å². The Kier molecular flexibility index (Phi) is 5.47. The van der Waals surface area contributed by atoms with Crippen LogP contribution < -0.4 is 14.8 Å². The fourth-order valence-electron chi connectivity index (χ4n) is 3.69. The molecule has 1 saturated carbocycles. The number of methoxy groups -OCH3 is 1. The van der Waals surface area contributed by atoms with E-state index in [4.69, 9.17) is 21.7 Å². The first-order chi connectivity index (χ1) is 13.7. The SMILES string of the molecule is CCNc1nc(=S)n(Cc2ccc(OC)c(OC3CCCC3)c2)c2nc[nH]c12. The summed E-state index contributed by atoms with van der Waals surface area (Å²) in [6, 6.07) is 6.01. The van der Waals surface area contributed by atoms with E-state index in [2.05, 4.69) is 20.3 Å². The molecule has 0 saturated heterocycles. The smallest absolute Gasteiger partial charge is 0.203 e. The molecule has 2 aromatic heterocycles. The summed E-state index contributed by atoms with van der Waals surface area (Å²) in [6.45, 7) is 3.35. The molecular weight excluding hydrogens is 374 g/mol. The van der Waals surface area contributed by atoms with Crippen LogP contribution in [0, 0.1) is 4.77 Å². The van der Waals surface area contributed by atoms with Gasteiger partial charge in [-0.25, -0.2) is 9.97 Å². The van der Waals surface area contributed by atoms with Crippen LogP contribution in [0.2, 0.25) is 0 Å². The first kappa shape index (κ1) is 18.7. The van der Waals surface area contributed by atoms with Crippen molar-refractivity contribution in [1.82, 2.24) is 19.5 Å². The summed E-state index contributed by atoms with van der Waals surface area (Å²) in [5.41, 5.74) is 2.70. The van der Waals surface area contributed by atoms with Crippen LogP contribution in [0.1, 0.15) is 38.2 Å². The third-order valence-electron chi connectivity index (χ3n) is 5.06. The number of hydrogen-bond acceptors (Lipinski definition) is 6. The van der Waals surface area contributed by atoms with E-state index in [9.17, 15) is 0 Å². The van der Waals surface area contributed by atoms with Gasteiger partial charge in [0.25, 0.3) is 0 Å². The van der Waals surface area contributed by atoms with E-state index in [1.165, 1.54) is 12.8 Å². The minimum absolute atomic E-state index is 0.269. The van der Waals surface area contributed by atoms with Crippen LogP contribution in [-0.4, -0.2) is 39.3 Å². The van der Waals surface area contributed by atoms with Crippen molar-refractivity contribution in [3.05, 3.63) is 34.9 Å². The molecule has 1 aromatic carbocycles. The van der Waals surface area contributed by atoms with Crippen LogP contribution >= 0.6 is 12.2 Å². The van der Waals surface area contributed by atoms with E-state index in [0.29, 0.717) is 11.3 Å². The zero-order chi connectivity index (χ0) is 19.5. The van der Waals surface area contributed by atoms with Gasteiger partial charge in [0.1, 0.15) is 5.52 Å². The van der Waals surface area contributed by atoms with Gasteiger partial charge >= 0.3 is 0 Å². The normalized spacial score (nSPS) is 14.5. The van der Waals surface area contributed by atoms with Gasteiger partial charge in [0.2, 0.25) is 4.77 Å². The average molecular weight is 400 g/mol. The van der Waals surface area contributed by atoms with Gasteiger partial charge in [-0.1, -0.05) is 6.07 Å². The number of H-pyrrole nitrogens is 1. The van der Waals surface area contributed by atoms with E-state index < -0.39 is 0 Å². The molecule has 0 unspecified atom stereocenters. The summed E-state index contributed by atoms with van der Waals surface area (Å²) < 4.78 is 14.1. The van der Waals surface area contributed by atoms with Gasteiger partial charge in [0.15, 0.2) is 23.0 Å². The fourth-order valence-corrected chi connectivity index (χ4v) is 3.93. The first-order valence-electron chi connectivity index (χ1n) is 9.71. The second-order valence-corrected chi connectivity index (χ2v) is 7.34. The third kappa shape index (κ3) is 3.69. The van der Waals surface area contributed by atoms with E-state index in [1.807, 2.05) is 29.7 Å². The highest BCUT2D eigenvalue weighted by atomic mass is 32.1. The van der Waals surface area contributed by atoms with Crippen LogP contribution in [0.25, 0.3) is 11.2 Å². The summed E-state index contributed by atoms with van der Waals surface area (Å²) >= 11 is 5.55. The van der Waals surface area contributed by atoms with Crippen molar-refractivity contribution in [1.29, 1.82) is 0 Å². The van der Waals surface area contributed by atoms with Crippen molar-refractivity contribution in [2.45, 2.75) is 45.3 Å². The van der Waals surface area contributed by atoms with Crippen molar-refractivity contribution < 1.29 is 9.47 Å². The topological polar surface area (TPSA) is 77.0 Å². The van der Waals surface area contributed by atoms with Crippen LogP contribution in [0.15, 0.2) is 24.5 Å². The Morgan fingerprint density at radius 2 is 2.11 bits per heavy atom. The second-order valence-electron chi connectivity index (χ2n) is 6.97. The highest BCUT2D eigenvalue weighted by Gasteiger charge is 2.19. The number of benzene rings is 1. The monoisotopic (exact) mass is 399 g/mol. The molecule has 0 atom stereocenters. The molecule has 0 aliphatic heterocycles. The lowest BCUT2D eigenvalue weighted by atomic mass is 10.2. The number of fused-ring (bicyclic) bond motifs is 1. The Morgan fingerprint density at radius 1 is 1.29 bits per heavy atom. The van der Waals surface area contributed by atoms with Crippen molar-refractivity contribution in [3.63, 3.8) is 0 Å². The van der Waals surface area contributed by atoms with E-state index in [-0.39, 0.29) is 6.10 Å². The highest BCUT2D eigenvalue weighted by molar-refractivity contribution is 7.71. The molecule has 2 N–H and O–H groups in total. The summed E-state index contributed by atoms with van der Waals surface area (Å²) in [4.78, 5) is 12.2. The van der Waals surface area contributed by atoms with E-state index >= 15 is 0 Å². The molecule has 0 radical (unpaired) electrons. The highest BCUT2D eigenvalue weighted by Crippen LogP contribution is 2.33. The Hall–Kier alpha value is -2.61. The summed E-state index contributed by atoms with van der Waals surface area (Å²) in [7, 11) is 1.67. The molecule has 0 spiro atoms. The number of aromatic amines is 1. The van der Waals surface area contributed by atoms with Crippen LogP contribution in [0.3, 0.4) is 0 Å². The Morgan fingerprint density at radius 3 is 2.86 bits per heavy atom. The minimum atomic E-state index is 0.269. The number of aromatic nitrogens is 4. The molecular formula is C20H25N5O2S. The molecule has 7 nitrogen and oxygen atoms in total. The lowest BCUT2D eigenvalue weighted by molar-refractivity contribution is 0.200. The van der Waals surface area contributed by atoms with Crippen molar-refractivity contribution in [3.8, 4) is 11.5 Å². The largest absolute Gasteiger partial charge is 0.493 e. The quantitative estimate of drug-likeness (QED) is 0.577. The van der Waals surface area contributed by atoms with Gasteiger partial charge < -0.3 is 19.8 Å². The maximum Gasteiger partial charge on any atom is 0.203 e. The minimum Gasteiger partial charge on any atom is -0.493 e. The molecule has 4 rings (SSSR count). The number of hydrogen-bond donors (Lipinski definition) is 2. The Labute approximate surface area is 169 Å². The maximum absolute atomic E-state index is 6.22. The first-order valence-corrected chi connectivity index (χ1v) is 10.1. The third-order valence-corrected chi connectivity index (χ3v) is 5.37.